The first-order valence-corrected chi connectivity index (χ1v) is 7.80. The zero-order chi connectivity index (χ0) is 8.41. The van der Waals surface area contributed by atoms with Crippen molar-refractivity contribution < 1.29 is 16.8 Å². The van der Waals surface area contributed by atoms with E-state index in [9.17, 15) is 16.8 Å². The topological polar surface area (TPSA) is 68.3 Å². The van der Waals surface area contributed by atoms with Gasteiger partial charge in [0.05, 0.1) is 15.6 Å². The Hall–Kier alpha value is 0.250. The molecule has 0 N–H and O–H groups in total. The molecule has 7 heteroatoms. The van der Waals surface area contributed by atoms with Crippen LogP contribution >= 0.6 is 9.83 Å². The highest BCUT2D eigenvalue weighted by Gasteiger charge is 2.16. The van der Waals surface area contributed by atoms with Crippen LogP contribution in [0.3, 0.4) is 0 Å². The summed E-state index contributed by atoms with van der Waals surface area (Å²) in [7, 11) is -6.91. The summed E-state index contributed by atoms with van der Waals surface area (Å²) in [5.41, 5.74) is 0. The highest BCUT2D eigenvalue weighted by molar-refractivity contribution is 9.04. The molecule has 4 nitrogen and oxygen atoms in total. The summed E-state index contributed by atoms with van der Waals surface area (Å²) in [4.78, 5) is 0. The summed E-state index contributed by atoms with van der Waals surface area (Å²) >= 11 is 0. The molecule has 0 atom stereocenters. The lowest BCUT2D eigenvalue weighted by molar-refractivity contribution is 0.611. The smallest absolute Gasteiger partial charge is 0.215 e. The van der Waals surface area contributed by atoms with Gasteiger partial charge in [0.1, 0.15) is 0 Å². The van der Waals surface area contributed by atoms with Crippen molar-refractivity contribution in [2.75, 3.05) is 12.0 Å². The van der Waals surface area contributed by atoms with Crippen LogP contribution < -0.4 is 0 Å². The molecular formula is C3H8O4S3. The van der Waals surface area contributed by atoms with E-state index in [0.29, 0.717) is 0 Å². The fraction of sp³-hybridized carbons (Fsp3) is 1.00. The number of rotatable bonds is 3. The van der Waals surface area contributed by atoms with E-state index in [1.54, 1.807) is 0 Å². The Morgan fingerprint density at radius 2 is 1.60 bits per heavy atom. The van der Waals surface area contributed by atoms with Crippen LogP contribution in [0.25, 0.3) is 0 Å². The quantitative estimate of drug-likeness (QED) is 0.607. The van der Waals surface area contributed by atoms with Crippen molar-refractivity contribution in [2.24, 2.45) is 0 Å². The third-order valence-electron chi connectivity index (χ3n) is 0.581. The molecule has 0 aliphatic heterocycles. The zero-order valence-electron chi connectivity index (χ0n) is 5.56. The Morgan fingerprint density at radius 3 is 1.70 bits per heavy atom. The molecule has 0 fully saturated rings. The standard InChI is InChI=1S/C3H8O4S3/c1-3-10(6,7)8-9(2,4)5/h3H2,1-2H3. The van der Waals surface area contributed by atoms with E-state index in [2.05, 4.69) is 0 Å². The summed E-state index contributed by atoms with van der Waals surface area (Å²) in [6, 6.07) is 0. The Kier molecular flexibility index (Phi) is 3.18. The highest BCUT2D eigenvalue weighted by Crippen LogP contribution is 2.18. The molecule has 0 aliphatic rings. The molecule has 0 unspecified atom stereocenters. The highest BCUT2D eigenvalue weighted by atomic mass is 33.5. The summed E-state index contributed by atoms with van der Waals surface area (Å²) < 4.78 is 42.0. The largest absolute Gasteiger partial charge is 0.217 e. The summed E-state index contributed by atoms with van der Waals surface area (Å²) in [6.07, 6.45) is 0.866. The second-order valence-corrected chi connectivity index (χ2v) is 9.83. The molecule has 10 heavy (non-hydrogen) atoms. The number of hydrogen-bond acceptors (Lipinski definition) is 5. The number of hydrogen-bond donors (Lipinski definition) is 0. The average Bonchev–Trinajstić information content (AvgIpc) is 1.60. The van der Waals surface area contributed by atoms with Crippen LogP contribution in [0.1, 0.15) is 6.92 Å². The third-order valence-corrected chi connectivity index (χ3v) is 7.90. The fourth-order valence-corrected chi connectivity index (χ4v) is 6.38. The molecule has 0 aromatic heterocycles. The lowest BCUT2D eigenvalue weighted by Gasteiger charge is -1.94. The van der Waals surface area contributed by atoms with Gasteiger partial charge in [-0.25, -0.2) is 16.8 Å². The van der Waals surface area contributed by atoms with E-state index in [0.717, 1.165) is 6.26 Å². The maximum Gasteiger partial charge on any atom is 0.215 e. The Bertz CT molecular complexity index is 284. The molecule has 0 bridgehead atoms. The summed E-state index contributed by atoms with van der Waals surface area (Å²) in [5, 5.41) is 0. The third kappa shape index (κ3) is 5.07. The van der Waals surface area contributed by atoms with E-state index in [1.165, 1.54) is 6.92 Å². The van der Waals surface area contributed by atoms with Crippen LogP contribution in [-0.4, -0.2) is 28.8 Å². The predicted molar refractivity (Wildman–Crippen MR) is 41.9 cm³/mol. The van der Waals surface area contributed by atoms with Crippen LogP contribution in [0.5, 0.6) is 0 Å². The van der Waals surface area contributed by atoms with E-state index >= 15 is 0 Å². The first-order chi connectivity index (χ1) is 4.27. The van der Waals surface area contributed by atoms with Crippen LogP contribution in [0, 0.1) is 0 Å². The molecule has 0 saturated heterocycles. The molecule has 0 amide bonds. The molecule has 0 spiro atoms. The SMILES string of the molecule is CCS(=O)(=O)SS(C)(=O)=O. The van der Waals surface area contributed by atoms with Crippen molar-refractivity contribution in [1.82, 2.24) is 0 Å². The first-order valence-electron chi connectivity index (χ1n) is 2.40. The predicted octanol–water partition coefficient (Wildman–Crippen LogP) is 0.0289. The van der Waals surface area contributed by atoms with Crippen molar-refractivity contribution in [3.8, 4) is 0 Å². The van der Waals surface area contributed by atoms with E-state index < -0.39 is 17.7 Å². The second-order valence-electron chi connectivity index (χ2n) is 1.62. The molecule has 0 heterocycles. The maximum atomic E-state index is 10.6. The molecule has 0 radical (unpaired) electrons. The van der Waals surface area contributed by atoms with Crippen LogP contribution in [0.2, 0.25) is 0 Å². The van der Waals surface area contributed by atoms with Gasteiger partial charge < -0.3 is 0 Å². The van der Waals surface area contributed by atoms with Crippen molar-refractivity contribution in [2.45, 2.75) is 6.92 Å². The Labute approximate surface area is 63.6 Å². The summed E-state index contributed by atoms with van der Waals surface area (Å²) in [5.74, 6) is -0.162. The fourth-order valence-electron chi connectivity index (χ4n) is 0.236. The van der Waals surface area contributed by atoms with Crippen molar-refractivity contribution in [3.63, 3.8) is 0 Å². The Balaban J connectivity index is 4.49. The molecule has 0 aromatic carbocycles. The Morgan fingerprint density at radius 1 is 1.20 bits per heavy atom. The van der Waals surface area contributed by atoms with Gasteiger partial charge in [-0.1, -0.05) is 6.92 Å². The van der Waals surface area contributed by atoms with Gasteiger partial charge in [0.15, 0.2) is 0 Å². The normalized spacial score (nSPS) is 13.4. The average molecular weight is 204 g/mol. The van der Waals surface area contributed by atoms with Gasteiger partial charge in [0.2, 0.25) is 17.7 Å². The minimum atomic E-state index is -3.47. The molecular weight excluding hydrogens is 196 g/mol. The zero-order valence-corrected chi connectivity index (χ0v) is 8.01. The molecule has 0 aromatic rings. The van der Waals surface area contributed by atoms with Gasteiger partial charge in [-0.05, 0) is 0 Å². The molecule has 0 aliphatic carbocycles. The molecule has 0 rings (SSSR count). The van der Waals surface area contributed by atoms with Gasteiger partial charge in [-0.3, -0.25) is 0 Å². The van der Waals surface area contributed by atoms with Gasteiger partial charge in [0.25, 0.3) is 0 Å². The van der Waals surface area contributed by atoms with Crippen molar-refractivity contribution in [1.29, 1.82) is 0 Å². The maximum absolute atomic E-state index is 10.6. The van der Waals surface area contributed by atoms with Crippen LogP contribution in [0.15, 0.2) is 0 Å². The minimum absolute atomic E-state index is 0.00347. The van der Waals surface area contributed by atoms with Crippen molar-refractivity contribution >= 4 is 27.6 Å². The van der Waals surface area contributed by atoms with E-state index in [4.69, 9.17) is 0 Å². The summed E-state index contributed by atoms with van der Waals surface area (Å²) in [6.45, 7) is 1.40. The minimum Gasteiger partial charge on any atom is -0.217 e. The lowest BCUT2D eigenvalue weighted by atomic mass is 11.0. The van der Waals surface area contributed by atoms with Crippen LogP contribution in [0.4, 0.5) is 0 Å². The first kappa shape index (κ1) is 10.2. The van der Waals surface area contributed by atoms with Gasteiger partial charge in [-0.15, -0.1) is 0 Å². The van der Waals surface area contributed by atoms with Crippen LogP contribution in [-0.2, 0) is 17.7 Å². The van der Waals surface area contributed by atoms with Gasteiger partial charge >= 0.3 is 0 Å². The molecule has 62 valence electrons. The lowest BCUT2D eigenvalue weighted by Crippen LogP contribution is -2.01. The van der Waals surface area contributed by atoms with Crippen molar-refractivity contribution in [3.05, 3.63) is 0 Å². The monoisotopic (exact) mass is 204 g/mol. The second kappa shape index (κ2) is 3.10. The molecule has 0 saturated carbocycles. The van der Waals surface area contributed by atoms with Gasteiger partial charge in [0, 0.05) is 6.26 Å². The van der Waals surface area contributed by atoms with E-state index in [-0.39, 0.29) is 15.6 Å². The van der Waals surface area contributed by atoms with Gasteiger partial charge in [-0.2, -0.15) is 0 Å². The van der Waals surface area contributed by atoms with E-state index in [1.807, 2.05) is 0 Å².